The highest BCUT2D eigenvalue weighted by Crippen LogP contribution is 2.46. The highest BCUT2D eigenvalue weighted by Gasteiger charge is 2.34. The summed E-state index contributed by atoms with van der Waals surface area (Å²) in [4.78, 5) is 0. The largest absolute Gasteiger partial charge is 0.507 e. The van der Waals surface area contributed by atoms with Gasteiger partial charge in [0.15, 0.2) is 0 Å². The maximum atomic E-state index is 11.8. The van der Waals surface area contributed by atoms with Crippen LogP contribution in [0.3, 0.4) is 0 Å². The lowest BCUT2D eigenvalue weighted by Crippen LogP contribution is -2.27. The zero-order valence-corrected chi connectivity index (χ0v) is 25.6. The fourth-order valence-corrected chi connectivity index (χ4v) is 7.08. The molecule has 0 aromatic heterocycles. The summed E-state index contributed by atoms with van der Waals surface area (Å²) < 4.78 is 0. The second-order valence-corrected chi connectivity index (χ2v) is 12.4. The van der Waals surface area contributed by atoms with Crippen LogP contribution in [-0.2, 0) is 11.8 Å². The Morgan fingerprint density at radius 2 is 1.35 bits per heavy atom. The first-order chi connectivity index (χ1) is 18.0. The molecule has 1 aromatic carbocycles. The van der Waals surface area contributed by atoms with Crippen molar-refractivity contribution in [2.45, 2.75) is 175 Å². The Morgan fingerprint density at radius 3 is 1.92 bits per heavy atom. The van der Waals surface area contributed by atoms with E-state index in [-0.39, 0.29) is 10.8 Å². The molecule has 1 atom stereocenters. The number of para-hydroxylation sites is 1. The number of phenolic OH excluding ortho intramolecular Hbond substituents is 1. The van der Waals surface area contributed by atoms with E-state index in [2.05, 4.69) is 58.9 Å². The van der Waals surface area contributed by atoms with Gasteiger partial charge in [-0.05, 0) is 80.6 Å². The normalized spacial score (nSPS) is 24.5. The summed E-state index contributed by atoms with van der Waals surface area (Å²) in [6.07, 6.45) is 29.4. The molecule has 1 nitrogen and oxygen atoms in total. The Balaban J connectivity index is 2.41. The molecule has 0 radical (unpaired) electrons. The molecule has 0 amide bonds. The van der Waals surface area contributed by atoms with Crippen LogP contribution in [0.4, 0.5) is 0 Å². The van der Waals surface area contributed by atoms with E-state index in [4.69, 9.17) is 0 Å². The first-order valence-corrected chi connectivity index (χ1v) is 16.5. The maximum Gasteiger partial charge on any atom is 0.122 e. The molecule has 1 heteroatoms. The lowest BCUT2D eigenvalue weighted by Gasteiger charge is -2.36. The smallest absolute Gasteiger partial charge is 0.122 e. The van der Waals surface area contributed by atoms with Gasteiger partial charge in [-0.1, -0.05) is 135 Å². The second-order valence-electron chi connectivity index (χ2n) is 12.4. The van der Waals surface area contributed by atoms with Gasteiger partial charge in [0.1, 0.15) is 5.75 Å². The van der Waals surface area contributed by atoms with Crippen LogP contribution >= 0.6 is 0 Å². The summed E-state index contributed by atoms with van der Waals surface area (Å²) in [5.74, 6) is 0.618. The van der Waals surface area contributed by atoms with Gasteiger partial charge in [0.2, 0.25) is 0 Å². The number of rotatable bonds is 7. The van der Waals surface area contributed by atoms with E-state index in [1.807, 2.05) is 0 Å². The Bertz CT molecular complexity index is 771. The predicted molar refractivity (Wildman–Crippen MR) is 165 cm³/mol. The van der Waals surface area contributed by atoms with Crippen LogP contribution in [0.25, 0.3) is 0 Å². The summed E-state index contributed by atoms with van der Waals surface area (Å²) in [5.41, 5.74) is 4.46. The van der Waals surface area contributed by atoms with Crippen molar-refractivity contribution in [2.24, 2.45) is 5.41 Å². The van der Waals surface area contributed by atoms with Crippen molar-refractivity contribution in [1.29, 1.82) is 0 Å². The van der Waals surface area contributed by atoms with Crippen LogP contribution in [-0.4, -0.2) is 5.11 Å². The number of fused-ring (bicyclic) bond motifs is 2. The third-order valence-electron chi connectivity index (χ3n) is 9.96. The van der Waals surface area contributed by atoms with Gasteiger partial charge in [-0.25, -0.2) is 0 Å². The molecule has 2 rings (SSSR count). The van der Waals surface area contributed by atoms with E-state index in [9.17, 15) is 5.11 Å². The van der Waals surface area contributed by atoms with E-state index in [1.54, 1.807) is 5.57 Å². The fourth-order valence-electron chi connectivity index (χ4n) is 7.08. The highest BCUT2D eigenvalue weighted by molar-refractivity contribution is 5.45. The molecule has 1 unspecified atom stereocenters. The van der Waals surface area contributed by atoms with Crippen LogP contribution in [0.15, 0.2) is 29.8 Å². The van der Waals surface area contributed by atoms with Gasteiger partial charge in [0.05, 0.1) is 0 Å². The van der Waals surface area contributed by atoms with E-state index in [0.29, 0.717) is 5.75 Å². The Morgan fingerprint density at radius 1 is 0.730 bits per heavy atom. The molecule has 2 bridgehead atoms. The van der Waals surface area contributed by atoms with Gasteiger partial charge in [-0.3, -0.25) is 0 Å². The average molecular weight is 511 g/mol. The molecular weight excluding hydrogens is 448 g/mol. The summed E-state index contributed by atoms with van der Waals surface area (Å²) in [6, 6.07) is 6.72. The van der Waals surface area contributed by atoms with Gasteiger partial charge in [0.25, 0.3) is 0 Å². The number of aromatic hydroxyl groups is 1. The lowest BCUT2D eigenvalue weighted by molar-refractivity contribution is 0.257. The molecule has 0 saturated heterocycles. The topological polar surface area (TPSA) is 20.2 Å². The molecule has 1 aliphatic rings. The van der Waals surface area contributed by atoms with Gasteiger partial charge < -0.3 is 5.11 Å². The predicted octanol–water partition coefficient (Wildman–Crippen LogP) is 12.0. The van der Waals surface area contributed by atoms with Crippen molar-refractivity contribution in [2.75, 3.05) is 0 Å². The zero-order chi connectivity index (χ0) is 27.0. The monoisotopic (exact) mass is 510 g/mol. The third kappa shape index (κ3) is 9.78. The minimum atomic E-state index is 0.114. The summed E-state index contributed by atoms with van der Waals surface area (Å²) in [7, 11) is 0. The fraction of sp³-hybridized carbons (Fsp3) is 0.778. The SMILES string of the molecule is CCC/C1=C\CC(CC)(CC)Cc2cccc(c2O)C(CC)(CCC)CCCCCCCCCCCC1. The zero-order valence-electron chi connectivity index (χ0n) is 25.6. The number of phenols is 1. The lowest BCUT2D eigenvalue weighted by atomic mass is 9.69. The van der Waals surface area contributed by atoms with Crippen molar-refractivity contribution in [3.63, 3.8) is 0 Å². The molecule has 1 N–H and O–H groups in total. The number of hydrogen-bond donors (Lipinski definition) is 1. The minimum Gasteiger partial charge on any atom is -0.507 e. The van der Waals surface area contributed by atoms with E-state index in [0.717, 1.165) is 32.1 Å². The maximum absolute atomic E-state index is 11.8. The molecule has 0 fully saturated rings. The minimum absolute atomic E-state index is 0.114. The van der Waals surface area contributed by atoms with Crippen LogP contribution in [0.2, 0.25) is 0 Å². The van der Waals surface area contributed by atoms with Crippen LogP contribution in [0.5, 0.6) is 5.75 Å². The summed E-state index contributed by atoms with van der Waals surface area (Å²) in [6.45, 7) is 11.7. The molecule has 1 aliphatic carbocycles. The molecule has 37 heavy (non-hydrogen) atoms. The van der Waals surface area contributed by atoms with Crippen molar-refractivity contribution in [3.8, 4) is 5.75 Å². The Labute approximate surface area is 231 Å². The second kappa shape index (κ2) is 17.4. The van der Waals surface area contributed by atoms with Crippen LogP contribution in [0.1, 0.15) is 174 Å². The summed E-state index contributed by atoms with van der Waals surface area (Å²) in [5, 5.41) is 11.8. The van der Waals surface area contributed by atoms with E-state index >= 15 is 0 Å². The molecule has 1 aromatic rings. The molecule has 212 valence electrons. The van der Waals surface area contributed by atoms with Crippen molar-refractivity contribution < 1.29 is 5.11 Å². The molecule has 0 saturated carbocycles. The average Bonchev–Trinajstić information content (AvgIpc) is 2.91. The van der Waals surface area contributed by atoms with E-state index in [1.165, 1.54) is 114 Å². The third-order valence-corrected chi connectivity index (χ3v) is 9.96. The first kappa shape index (κ1) is 32.0. The summed E-state index contributed by atoms with van der Waals surface area (Å²) >= 11 is 0. The van der Waals surface area contributed by atoms with Crippen LogP contribution < -0.4 is 0 Å². The standard InChI is InChI=1S/C36H62O/c1-6-22-31-23-19-17-15-13-11-12-14-16-18-20-28-36(10-5,27-7-2)33-25-21-24-32(34(33)37)30-35(8-3,9-4)29-26-31/h21,24-26,37H,6-20,22-23,27-30H2,1-5H3/b31-26+. The Kier molecular flexibility index (Phi) is 15.0. The molecular formula is C36H62O. The van der Waals surface area contributed by atoms with Crippen molar-refractivity contribution in [1.82, 2.24) is 0 Å². The molecule has 0 heterocycles. The molecule has 0 aliphatic heterocycles. The van der Waals surface area contributed by atoms with Crippen LogP contribution in [0, 0.1) is 5.41 Å². The number of benzene rings is 1. The van der Waals surface area contributed by atoms with Crippen molar-refractivity contribution >= 4 is 0 Å². The Hall–Kier alpha value is -1.24. The first-order valence-electron chi connectivity index (χ1n) is 16.5. The van der Waals surface area contributed by atoms with E-state index < -0.39 is 0 Å². The van der Waals surface area contributed by atoms with Gasteiger partial charge in [0, 0.05) is 5.56 Å². The van der Waals surface area contributed by atoms with Crippen molar-refractivity contribution in [3.05, 3.63) is 41.0 Å². The molecule has 0 spiro atoms. The van der Waals surface area contributed by atoms with Gasteiger partial charge >= 0.3 is 0 Å². The highest BCUT2D eigenvalue weighted by atomic mass is 16.3. The quantitative estimate of drug-likeness (QED) is 0.362. The van der Waals surface area contributed by atoms with Gasteiger partial charge in [-0.2, -0.15) is 0 Å². The number of allylic oxidation sites excluding steroid dienone is 2. The van der Waals surface area contributed by atoms with Gasteiger partial charge in [-0.15, -0.1) is 0 Å². The number of hydrogen-bond acceptors (Lipinski definition) is 1.